The summed E-state index contributed by atoms with van der Waals surface area (Å²) in [5.41, 5.74) is 0. The van der Waals surface area contributed by atoms with Gasteiger partial charge in [0.25, 0.3) is 0 Å². The first-order valence-electron chi connectivity index (χ1n) is 36.5. The number of aliphatic hydroxyl groups excluding tert-OH is 2. The summed E-state index contributed by atoms with van der Waals surface area (Å²) in [6, 6.07) is 0. The molecule has 0 aromatic rings. The normalized spacial score (nSPS) is 14.9. The van der Waals surface area contributed by atoms with E-state index in [0.29, 0.717) is 19.3 Å². The third-order valence-electron chi connectivity index (χ3n) is 14.8. The molecule has 0 radical (unpaired) electrons. The lowest BCUT2D eigenvalue weighted by molar-refractivity contribution is -0.161. The zero-order valence-electron chi connectivity index (χ0n) is 59.0. The molecule has 0 aliphatic heterocycles. The number of phosphoric ester groups is 2. The standard InChI is InChI=1S/C77H130O16P2/c1-4-7-10-13-16-19-22-25-28-30-32-33-34-35-36-37-39-41-43-45-48-51-54-57-60-63-75(80)87-66-72(78)67-89-94(83,84)90-68-73(79)69-91-95(85,86)92-71-74(93-77(82)65-62-59-56-53-50-47-42-27-24-21-18-15-12-9-6-3)70-88-76(81)64-61-58-55-52-49-46-44-40-38-31-29-26-23-20-17-14-11-8-5-2/h7,9-10,12,16-21,25-29,32-33,35-36,38,40,42,72-74,78-79H,4-6,8,11,13-15,22-24,30-31,34,37,39,41,43-71H2,1-3H3,(H,83,84)(H,85,86)/b10-7-,12-9-,19-16-,20-17-,21-18-,28-25-,29-26-,33-32-,36-35-,40-38-,42-27-. The van der Waals surface area contributed by atoms with E-state index in [2.05, 4.69) is 154 Å². The van der Waals surface area contributed by atoms with Gasteiger partial charge in [-0.05, 0) is 135 Å². The third-order valence-corrected chi connectivity index (χ3v) is 16.7. The number of carbonyl (C=O) groups excluding carboxylic acids is 3. The van der Waals surface area contributed by atoms with E-state index in [-0.39, 0.29) is 19.3 Å². The number of phosphoric acid groups is 2. The number of carbonyl (C=O) groups is 3. The maximum absolute atomic E-state index is 12.9. The average Bonchev–Trinajstić information content (AvgIpc) is 2.24. The minimum absolute atomic E-state index is 0.0788. The molecule has 0 aromatic heterocycles. The lowest BCUT2D eigenvalue weighted by Gasteiger charge is -2.21. The SMILES string of the molecule is CC/C=C\C/C=C\C/C=C\C/C=C\C/C=C\CCCCCCCCCCCC(=O)OCC(O)COP(=O)(O)OCC(O)COP(=O)(O)OCC(COC(=O)CCCCCCCC/C=C\C/C=C\C/C=C\CCCCC)OC(=O)CCCCCCC/C=C\C/C=C\C/C=C\CC. The lowest BCUT2D eigenvalue weighted by atomic mass is 10.1. The highest BCUT2D eigenvalue weighted by Crippen LogP contribution is 2.45. The Hall–Kier alpha value is -4.31. The lowest BCUT2D eigenvalue weighted by Crippen LogP contribution is -2.30. The van der Waals surface area contributed by atoms with Crippen LogP contribution in [0.25, 0.3) is 0 Å². The molecular weight excluding hydrogens is 1240 g/mol. The molecule has 0 aromatic carbocycles. The highest BCUT2D eigenvalue weighted by Gasteiger charge is 2.29. The summed E-state index contributed by atoms with van der Waals surface area (Å²) in [4.78, 5) is 58.5. The largest absolute Gasteiger partial charge is 0.472 e. The minimum Gasteiger partial charge on any atom is -0.463 e. The summed E-state index contributed by atoms with van der Waals surface area (Å²) >= 11 is 0. The molecule has 0 bridgehead atoms. The zero-order valence-corrected chi connectivity index (χ0v) is 60.8. The highest BCUT2D eigenvalue weighted by molar-refractivity contribution is 7.47. The zero-order chi connectivity index (χ0) is 69.5. The summed E-state index contributed by atoms with van der Waals surface area (Å²) in [6.45, 7) is 2.37. The van der Waals surface area contributed by atoms with Gasteiger partial charge in [-0.1, -0.05) is 257 Å². The second-order valence-electron chi connectivity index (χ2n) is 24.0. The van der Waals surface area contributed by atoms with Crippen LogP contribution < -0.4 is 0 Å². The van der Waals surface area contributed by atoms with Crippen LogP contribution in [0, 0.1) is 0 Å². The molecule has 18 heteroatoms. The summed E-state index contributed by atoms with van der Waals surface area (Å²) < 4.78 is 61.0. The van der Waals surface area contributed by atoms with Gasteiger partial charge in [0, 0.05) is 19.3 Å². The van der Waals surface area contributed by atoms with Gasteiger partial charge in [0.05, 0.1) is 26.4 Å². The fourth-order valence-electron chi connectivity index (χ4n) is 9.32. The Kier molecular flexibility index (Phi) is 66.4. The molecule has 95 heavy (non-hydrogen) atoms. The first kappa shape index (κ1) is 90.7. The molecular formula is C77H130O16P2. The van der Waals surface area contributed by atoms with Crippen molar-refractivity contribution < 1.29 is 75.8 Å². The second-order valence-corrected chi connectivity index (χ2v) is 26.9. The fourth-order valence-corrected chi connectivity index (χ4v) is 10.9. The topological polar surface area (TPSA) is 231 Å². The van der Waals surface area contributed by atoms with Crippen LogP contribution in [0.1, 0.15) is 278 Å². The molecule has 0 saturated heterocycles. The summed E-state index contributed by atoms with van der Waals surface area (Å²) in [5, 5.41) is 20.6. The molecule has 4 N–H and O–H groups in total. The van der Waals surface area contributed by atoms with Crippen molar-refractivity contribution in [1.29, 1.82) is 0 Å². The van der Waals surface area contributed by atoms with Crippen LogP contribution in [0.4, 0.5) is 0 Å². The van der Waals surface area contributed by atoms with E-state index in [4.69, 9.17) is 32.3 Å². The van der Waals surface area contributed by atoms with Gasteiger partial charge in [0.2, 0.25) is 0 Å². The maximum Gasteiger partial charge on any atom is 0.472 e. The van der Waals surface area contributed by atoms with Gasteiger partial charge in [-0.15, -0.1) is 0 Å². The van der Waals surface area contributed by atoms with Crippen molar-refractivity contribution in [2.75, 3.05) is 39.6 Å². The first-order valence-corrected chi connectivity index (χ1v) is 39.5. The number of esters is 3. The van der Waals surface area contributed by atoms with Crippen LogP contribution in [0.2, 0.25) is 0 Å². The van der Waals surface area contributed by atoms with Crippen LogP contribution in [-0.2, 0) is 55.8 Å². The van der Waals surface area contributed by atoms with Crippen LogP contribution in [0.3, 0.4) is 0 Å². The molecule has 0 aliphatic carbocycles. The number of ether oxygens (including phenoxy) is 3. The molecule has 5 unspecified atom stereocenters. The number of hydrogen-bond acceptors (Lipinski definition) is 14. The van der Waals surface area contributed by atoms with E-state index in [1.807, 2.05) is 0 Å². The maximum atomic E-state index is 12.9. The number of aliphatic hydroxyl groups is 2. The van der Waals surface area contributed by atoms with Gasteiger partial charge < -0.3 is 34.2 Å². The molecule has 0 saturated carbocycles. The Morgan fingerprint density at radius 1 is 0.305 bits per heavy atom. The second kappa shape index (κ2) is 69.6. The van der Waals surface area contributed by atoms with Crippen molar-refractivity contribution in [2.24, 2.45) is 0 Å². The van der Waals surface area contributed by atoms with Gasteiger partial charge in [-0.2, -0.15) is 0 Å². The number of unbranched alkanes of at least 4 members (excludes halogenated alkanes) is 23. The summed E-state index contributed by atoms with van der Waals surface area (Å²) in [5.74, 6) is -1.62. The van der Waals surface area contributed by atoms with Crippen LogP contribution in [-0.4, -0.2) is 95.9 Å². The number of allylic oxidation sites excluding steroid dienone is 22. The van der Waals surface area contributed by atoms with Crippen molar-refractivity contribution in [3.63, 3.8) is 0 Å². The van der Waals surface area contributed by atoms with E-state index in [1.54, 1.807) is 0 Å². The van der Waals surface area contributed by atoms with Gasteiger partial charge in [-0.25, -0.2) is 9.13 Å². The van der Waals surface area contributed by atoms with Crippen LogP contribution in [0.5, 0.6) is 0 Å². The molecule has 16 nitrogen and oxygen atoms in total. The Balaban J connectivity index is 4.62. The Bertz CT molecular complexity index is 2260. The third kappa shape index (κ3) is 70.8. The number of hydrogen-bond donors (Lipinski definition) is 4. The van der Waals surface area contributed by atoms with Crippen molar-refractivity contribution in [3.05, 3.63) is 134 Å². The smallest absolute Gasteiger partial charge is 0.463 e. The molecule has 0 amide bonds. The molecule has 0 aliphatic rings. The molecule has 0 spiro atoms. The number of rotatable bonds is 68. The molecule has 0 fully saturated rings. The monoisotopic (exact) mass is 1370 g/mol. The van der Waals surface area contributed by atoms with E-state index in [0.717, 1.165) is 173 Å². The van der Waals surface area contributed by atoms with Crippen molar-refractivity contribution in [1.82, 2.24) is 0 Å². The summed E-state index contributed by atoms with van der Waals surface area (Å²) in [6.07, 6.45) is 82.1. The van der Waals surface area contributed by atoms with Crippen molar-refractivity contribution in [3.8, 4) is 0 Å². The Morgan fingerprint density at radius 2 is 0.558 bits per heavy atom. The van der Waals surface area contributed by atoms with Crippen molar-refractivity contribution in [2.45, 2.75) is 296 Å². The predicted molar refractivity (Wildman–Crippen MR) is 390 cm³/mol. The van der Waals surface area contributed by atoms with Gasteiger partial charge >= 0.3 is 33.6 Å². The molecule has 544 valence electrons. The van der Waals surface area contributed by atoms with Gasteiger partial charge in [0.1, 0.15) is 25.4 Å². The quantitative estimate of drug-likeness (QED) is 0.0146. The van der Waals surface area contributed by atoms with E-state index in [9.17, 15) is 43.5 Å². The molecule has 0 rings (SSSR count). The molecule has 5 atom stereocenters. The van der Waals surface area contributed by atoms with Gasteiger partial charge in [-0.3, -0.25) is 32.5 Å². The average molecular weight is 1370 g/mol. The van der Waals surface area contributed by atoms with Crippen molar-refractivity contribution >= 4 is 33.6 Å². The predicted octanol–water partition coefficient (Wildman–Crippen LogP) is 20.8. The summed E-state index contributed by atoms with van der Waals surface area (Å²) in [7, 11) is -9.80. The Morgan fingerprint density at radius 3 is 0.884 bits per heavy atom. The van der Waals surface area contributed by atoms with Gasteiger partial charge in [0.15, 0.2) is 6.10 Å². The minimum atomic E-state index is -4.94. The highest BCUT2D eigenvalue weighted by atomic mass is 31.2. The van der Waals surface area contributed by atoms with Crippen LogP contribution >= 0.6 is 15.6 Å². The van der Waals surface area contributed by atoms with E-state index >= 15 is 0 Å². The van der Waals surface area contributed by atoms with E-state index < -0.39 is 91.5 Å². The van der Waals surface area contributed by atoms with Crippen LogP contribution in [0.15, 0.2) is 134 Å². The first-order chi connectivity index (χ1) is 46.2. The van der Waals surface area contributed by atoms with E-state index in [1.165, 1.54) is 44.9 Å². The fraction of sp³-hybridized carbons (Fsp3) is 0.675. The molecule has 0 heterocycles. The Labute approximate surface area is 575 Å².